The molecular weight excluding hydrogens is 446 g/mol. The number of methoxy groups -OCH3 is 2. The Morgan fingerprint density at radius 1 is 0.914 bits per heavy atom. The molecule has 0 bridgehead atoms. The Kier molecular flexibility index (Phi) is 6.16. The molecule has 2 aliphatic rings. The number of carbonyl (C=O) groups is 3. The Hall–Kier alpha value is -3.87. The van der Waals surface area contributed by atoms with Crippen molar-refractivity contribution < 1.29 is 28.6 Å². The Balaban J connectivity index is 1.55. The lowest BCUT2D eigenvalue weighted by Gasteiger charge is -2.27. The molecule has 1 saturated carbocycles. The summed E-state index contributed by atoms with van der Waals surface area (Å²) in [7, 11) is 2.86. The van der Waals surface area contributed by atoms with Crippen molar-refractivity contribution in [1.29, 1.82) is 0 Å². The Morgan fingerprint density at radius 3 is 2.11 bits per heavy atom. The van der Waals surface area contributed by atoms with Gasteiger partial charge in [-0.1, -0.05) is 30.3 Å². The maximum absolute atomic E-state index is 13.5. The average Bonchev–Trinajstić information content (AvgIpc) is 3.47. The van der Waals surface area contributed by atoms with Gasteiger partial charge in [0.05, 0.1) is 43.9 Å². The van der Waals surface area contributed by atoms with E-state index in [9.17, 15) is 14.4 Å². The molecule has 0 spiro atoms. The molecule has 2 amide bonds. The second kappa shape index (κ2) is 9.41. The third-order valence-electron chi connectivity index (χ3n) is 6.85. The van der Waals surface area contributed by atoms with E-state index >= 15 is 0 Å². The molecule has 7 heteroatoms. The molecule has 1 fully saturated rings. The largest absolute Gasteiger partial charge is 0.493 e. The molecule has 1 heterocycles. The molecule has 7 nitrogen and oxygen atoms in total. The summed E-state index contributed by atoms with van der Waals surface area (Å²) in [4.78, 5) is 40.6. The number of rotatable bonds is 7. The van der Waals surface area contributed by atoms with Gasteiger partial charge in [-0.25, -0.2) is 0 Å². The SMILES string of the molecule is COC(=O)CC(c1ccc(OC)c(OC2CCCC2)c1)N1C(=O)c2cc3ccccc3cc2C1=O. The van der Waals surface area contributed by atoms with Crippen LogP contribution in [-0.2, 0) is 9.53 Å². The lowest BCUT2D eigenvalue weighted by molar-refractivity contribution is -0.141. The van der Waals surface area contributed by atoms with Gasteiger partial charge in [-0.15, -0.1) is 0 Å². The molecule has 5 rings (SSSR count). The summed E-state index contributed by atoms with van der Waals surface area (Å²) in [6.07, 6.45) is 4.07. The number of carbonyl (C=O) groups excluding carboxylic acids is 3. The molecule has 0 aromatic heterocycles. The van der Waals surface area contributed by atoms with Crippen LogP contribution in [-0.4, -0.2) is 43.0 Å². The van der Waals surface area contributed by atoms with E-state index in [1.165, 1.54) is 12.0 Å². The first kappa shape index (κ1) is 22.9. The number of hydrogen-bond donors (Lipinski definition) is 0. The Bertz CT molecular complexity index is 1260. The van der Waals surface area contributed by atoms with E-state index in [1.54, 1.807) is 37.4 Å². The zero-order valence-corrected chi connectivity index (χ0v) is 19.8. The lowest BCUT2D eigenvalue weighted by atomic mass is 10.0. The van der Waals surface area contributed by atoms with Crippen LogP contribution in [0.1, 0.15) is 64.4 Å². The predicted octanol–water partition coefficient (Wildman–Crippen LogP) is 5.07. The number of amides is 2. The molecule has 3 aromatic rings. The maximum atomic E-state index is 13.5. The van der Waals surface area contributed by atoms with Crippen molar-refractivity contribution in [2.75, 3.05) is 14.2 Å². The molecule has 35 heavy (non-hydrogen) atoms. The van der Waals surface area contributed by atoms with Crippen molar-refractivity contribution in [2.24, 2.45) is 0 Å². The summed E-state index contributed by atoms with van der Waals surface area (Å²) < 4.78 is 16.6. The van der Waals surface area contributed by atoms with Crippen LogP contribution in [0.5, 0.6) is 11.5 Å². The first-order chi connectivity index (χ1) is 17.0. The monoisotopic (exact) mass is 473 g/mol. The average molecular weight is 474 g/mol. The van der Waals surface area contributed by atoms with Gasteiger partial charge in [-0.3, -0.25) is 19.3 Å². The van der Waals surface area contributed by atoms with Crippen LogP contribution in [0.2, 0.25) is 0 Å². The van der Waals surface area contributed by atoms with Crippen molar-refractivity contribution in [1.82, 2.24) is 4.90 Å². The number of benzene rings is 3. The van der Waals surface area contributed by atoms with Crippen LogP contribution in [0.4, 0.5) is 0 Å². The highest BCUT2D eigenvalue weighted by Gasteiger charge is 2.42. The highest BCUT2D eigenvalue weighted by Crippen LogP contribution is 2.39. The minimum absolute atomic E-state index is 0.0879. The zero-order chi connectivity index (χ0) is 24.5. The topological polar surface area (TPSA) is 82.1 Å². The van der Waals surface area contributed by atoms with E-state index in [0.717, 1.165) is 36.5 Å². The van der Waals surface area contributed by atoms with Gasteiger partial charge in [-0.05, 0) is 66.3 Å². The smallest absolute Gasteiger partial charge is 0.307 e. The first-order valence-electron chi connectivity index (χ1n) is 11.8. The van der Waals surface area contributed by atoms with Gasteiger partial charge < -0.3 is 14.2 Å². The molecule has 0 radical (unpaired) electrons. The lowest BCUT2D eigenvalue weighted by Crippen LogP contribution is -2.35. The number of ether oxygens (including phenoxy) is 3. The molecule has 0 N–H and O–H groups in total. The summed E-state index contributed by atoms with van der Waals surface area (Å²) in [5.41, 5.74) is 1.27. The molecule has 3 aromatic carbocycles. The number of nitrogens with zero attached hydrogens (tertiary/aromatic N) is 1. The van der Waals surface area contributed by atoms with Crippen molar-refractivity contribution in [2.45, 2.75) is 44.2 Å². The van der Waals surface area contributed by atoms with Crippen molar-refractivity contribution in [3.63, 3.8) is 0 Å². The zero-order valence-electron chi connectivity index (χ0n) is 19.8. The third-order valence-corrected chi connectivity index (χ3v) is 6.85. The summed E-state index contributed by atoms with van der Waals surface area (Å²) in [5, 5.41) is 1.74. The van der Waals surface area contributed by atoms with E-state index < -0.39 is 23.8 Å². The van der Waals surface area contributed by atoms with Gasteiger partial charge >= 0.3 is 5.97 Å². The van der Waals surface area contributed by atoms with Gasteiger partial charge in [-0.2, -0.15) is 0 Å². The van der Waals surface area contributed by atoms with E-state index in [2.05, 4.69) is 0 Å². The number of imide groups is 1. The predicted molar refractivity (Wildman–Crippen MR) is 130 cm³/mol. The van der Waals surface area contributed by atoms with Crippen LogP contribution in [0.3, 0.4) is 0 Å². The van der Waals surface area contributed by atoms with Crippen LogP contribution < -0.4 is 9.47 Å². The molecule has 0 saturated heterocycles. The first-order valence-corrected chi connectivity index (χ1v) is 11.8. The number of fused-ring (bicyclic) bond motifs is 2. The van der Waals surface area contributed by atoms with E-state index in [1.807, 2.05) is 24.3 Å². The van der Waals surface area contributed by atoms with Crippen LogP contribution in [0.25, 0.3) is 10.8 Å². The number of hydrogen-bond acceptors (Lipinski definition) is 6. The fourth-order valence-electron chi connectivity index (χ4n) is 5.01. The molecule has 1 aliphatic carbocycles. The summed E-state index contributed by atoms with van der Waals surface area (Å²) in [6.45, 7) is 0. The van der Waals surface area contributed by atoms with Crippen LogP contribution >= 0.6 is 0 Å². The maximum Gasteiger partial charge on any atom is 0.307 e. The molecule has 180 valence electrons. The van der Waals surface area contributed by atoms with E-state index in [4.69, 9.17) is 14.2 Å². The molecular formula is C28H27NO6. The van der Waals surface area contributed by atoms with Crippen molar-refractivity contribution >= 4 is 28.6 Å². The summed E-state index contributed by atoms with van der Waals surface area (Å²) >= 11 is 0. The minimum Gasteiger partial charge on any atom is -0.493 e. The van der Waals surface area contributed by atoms with Gasteiger partial charge in [0.1, 0.15) is 0 Å². The highest BCUT2D eigenvalue weighted by molar-refractivity contribution is 6.23. The molecule has 1 unspecified atom stereocenters. The highest BCUT2D eigenvalue weighted by atomic mass is 16.5. The minimum atomic E-state index is -0.852. The van der Waals surface area contributed by atoms with Gasteiger partial charge in [0.25, 0.3) is 11.8 Å². The fourth-order valence-corrected chi connectivity index (χ4v) is 5.01. The summed E-state index contributed by atoms with van der Waals surface area (Å²) in [6, 6.07) is 15.5. The Labute approximate surface area is 203 Å². The van der Waals surface area contributed by atoms with Gasteiger partial charge in [0, 0.05) is 0 Å². The normalized spacial score (nSPS) is 16.5. The van der Waals surface area contributed by atoms with E-state index in [0.29, 0.717) is 28.2 Å². The number of esters is 1. The Morgan fingerprint density at radius 2 is 1.54 bits per heavy atom. The van der Waals surface area contributed by atoms with E-state index in [-0.39, 0.29) is 12.5 Å². The standard InChI is InChI=1S/C28H27NO6/c1-33-24-12-11-19(15-25(24)35-20-9-5-6-10-20)23(16-26(30)34-2)29-27(31)21-13-17-7-3-4-8-18(17)14-22(21)28(29)32/h3-4,7-8,11-15,20,23H,5-6,9-10,16H2,1-2H3. The van der Waals surface area contributed by atoms with Crippen molar-refractivity contribution in [3.8, 4) is 11.5 Å². The van der Waals surface area contributed by atoms with Crippen LogP contribution in [0.15, 0.2) is 54.6 Å². The van der Waals surface area contributed by atoms with Crippen molar-refractivity contribution in [3.05, 3.63) is 71.3 Å². The fraction of sp³-hybridized carbons (Fsp3) is 0.321. The van der Waals surface area contributed by atoms with Gasteiger partial charge in [0.2, 0.25) is 0 Å². The van der Waals surface area contributed by atoms with Gasteiger partial charge in [0.15, 0.2) is 11.5 Å². The molecule has 1 atom stereocenters. The summed E-state index contributed by atoms with van der Waals surface area (Å²) in [5.74, 6) is -0.288. The third kappa shape index (κ3) is 4.22. The second-order valence-corrected chi connectivity index (χ2v) is 8.96. The quantitative estimate of drug-likeness (QED) is 0.352. The second-order valence-electron chi connectivity index (χ2n) is 8.96. The molecule has 1 aliphatic heterocycles. The van der Waals surface area contributed by atoms with Crippen LogP contribution in [0, 0.1) is 0 Å².